The van der Waals surface area contributed by atoms with Crippen LogP contribution in [0, 0.1) is 5.41 Å². The Morgan fingerprint density at radius 1 is 1.21 bits per heavy atom. The van der Waals surface area contributed by atoms with Crippen molar-refractivity contribution in [2.75, 3.05) is 0 Å². The van der Waals surface area contributed by atoms with Crippen molar-refractivity contribution >= 4 is 39.2 Å². The van der Waals surface area contributed by atoms with Crippen LogP contribution in [0.1, 0.15) is 5.56 Å². The average molecular weight is 286 g/mol. The number of nitrogens with one attached hydrogen (secondary N) is 1. The molecule has 2 heterocycles. The first-order valence-electron chi connectivity index (χ1n) is 5.56. The van der Waals surface area contributed by atoms with Crippen molar-refractivity contribution in [3.8, 4) is 0 Å². The summed E-state index contributed by atoms with van der Waals surface area (Å²) in [7, 11) is 0. The van der Waals surface area contributed by atoms with E-state index in [2.05, 4.69) is 16.0 Å². The van der Waals surface area contributed by atoms with Gasteiger partial charge in [0.05, 0.1) is 10.2 Å². The predicted molar refractivity (Wildman–Crippen MR) is 79.0 cm³/mol. The molecule has 94 valence electrons. The molecule has 0 aliphatic heterocycles. The summed E-state index contributed by atoms with van der Waals surface area (Å²) in [4.78, 5) is 8.81. The quantitative estimate of drug-likeness (QED) is 0.573. The number of amidine groups is 1. The lowest BCUT2D eigenvalue weighted by molar-refractivity contribution is 1.12. The smallest absolute Gasteiger partial charge is 0.157 e. The Labute approximate surface area is 118 Å². The zero-order valence-corrected chi connectivity index (χ0v) is 11.5. The number of hydrogen-bond donors (Lipinski definition) is 2. The normalized spacial score (nSPS) is 10.7. The summed E-state index contributed by atoms with van der Waals surface area (Å²) in [6.07, 6.45) is 1.61. The molecule has 0 amide bonds. The lowest BCUT2D eigenvalue weighted by Gasteiger charge is -1.99. The van der Waals surface area contributed by atoms with E-state index in [1.54, 1.807) is 23.6 Å². The molecular weight excluding hydrogens is 276 g/mol. The van der Waals surface area contributed by atoms with Crippen LogP contribution in [-0.2, 0) is 0 Å². The van der Waals surface area contributed by atoms with Gasteiger partial charge in [0.25, 0.3) is 0 Å². The number of benzene rings is 1. The van der Waals surface area contributed by atoms with Crippen LogP contribution in [-0.4, -0.2) is 15.8 Å². The highest BCUT2D eigenvalue weighted by Crippen LogP contribution is 2.33. The number of aromatic nitrogens is 2. The molecule has 0 saturated carbocycles. The summed E-state index contributed by atoms with van der Waals surface area (Å²) >= 11 is 3.17. The van der Waals surface area contributed by atoms with Crippen LogP contribution in [0.5, 0.6) is 0 Å². The summed E-state index contributed by atoms with van der Waals surface area (Å²) in [6, 6.07) is 11.7. The van der Waals surface area contributed by atoms with Crippen LogP contribution >= 0.6 is 23.1 Å². The second kappa shape index (κ2) is 4.99. The van der Waals surface area contributed by atoms with Crippen molar-refractivity contribution in [2.45, 2.75) is 9.37 Å². The summed E-state index contributed by atoms with van der Waals surface area (Å²) in [5, 5.41) is 8.17. The highest BCUT2D eigenvalue weighted by molar-refractivity contribution is 8.01. The van der Waals surface area contributed by atoms with Gasteiger partial charge in [-0.3, -0.25) is 5.41 Å². The molecule has 3 N–H and O–H groups in total. The highest BCUT2D eigenvalue weighted by Gasteiger charge is 2.06. The Morgan fingerprint density at radius 2 is 2.05 bits per heavy atom. The van der Waals surface area contributed by atoms with E-state index in [4.69, 9.17) is 11.1 Å². The Kier molecular flexibility index (Phi) is 3.18. The number of pyridine rings is 1. The van der Waals surface area contributed by atoms with E-state index >= 15 is 0 Å². The molecule has 0 atom stereocenters. The van der Waals surface area contributed by atoms with Crippen LogP contribution < -0.4 is 5.73 Å². The SMILES string of the molecule is N=C(N)c1ccc(Sc2nc3ccccc3s2)nc1. The average Bonchev–Trinajstić information content (AvgIpc) is 2.81. The van der Waals surface area contributed by atoms with Crippen molar-refractivity contribution in [3.63, 3.8) is 0 Å². The van der Waals surface area contributed by atoms with Gasteiger partial charge in [-0.15, -0.1) is 11.3 Å². The highest BCUT2D eigenvalue weighted by atomic mass is 32.2. The van der Waals surface area contributed by atoms with Crippen molar-refractivity contribution in [3.05, 3.63) is 48.2 Å². The number of nitrogen functional groups attached to an aromatic ring is 1. The van der Waals surface area contributed by atoms with Gasteiger partial charge in [0.1, 0.15) is 10.9 Å². The minimum Gasteiger partial charge on any atom is -0.384 e. The minimum atomic E-state index is 0.0315. The van der Waals surface area contributed by atoms with E-state index in [0.29, 0.717) is 5.56 Å². The molecule has 1 aromatic carbocycles. The first kappa shape index (κ1) is 12.1. The standard InChI is InChI=1S/C13H10N4S2/c14-12(15)8-5-6-11(16-7-8)19-13-17-9-3-1-2-4-10(9)18-13/h1-7H,(H3,14,15). The zero-order valence-electron chi connectivity index (χ0n) is 9.83. The van der Waals surface area contributed by atoms with E-state index < -0.39 is 0 Å². The third-order valence-corrected chi connectivity index (χ3v) is 4.56. The Bertz CT molecular complexity index is 701. The summed E-state index contributed by atoms with van der Waals surface area (Å²) in [5.41, 5.74) is 7.04. The third-order valence-electron chi connectivity index (χ3n) is 2.51. The van der Waals surface area contributed by atoms with Gasteiger partial charge in [-0.25, -0.2) is 9.97 Å². The third kappa shape index (κ3) is 2.59. The topological polar surface area (TPSA) is 75.7 Å². The lowest BCUT2D eigenvalue weighted by Crippen LogP contribution is -2.10. The van der Waals surface area contributed by atoms with Crippen molar-refractivity contribution < 1.29 is 0 Å². The Hall–Kier alpha value is -1.92. The van der Waals surface area contributed by atoms with Gasteiger partial charge >= 0.3 is 0 Å². The van der Waals surface area contributed by atoms with Crippen LogP contribution in [0.15, 0.2) is 52.0 Å². The summed E-state index contributed by atoms with van der Waals surface area (Å²) in [5.74, 6) is 0.0315. The molecule has 0 radical (unpaired) electrons. The van der Waals surface area contributed by atoms with E-state index in [-0.39, 0.29) is 5.84 Å². The Morgan fingerprint density at radius 3 is 2.74 bits per heavy atom. The second-order valence-corrected chi connectivity index (χ2v) is 6.15. The maximum Gasteiger partial charge on any atom is 0.157 e. The van der Waals surface area contributed by atoms with Gasteiger partial charge in [-0.05, 0) is 36.0 Å². The second-order valence-electron chi connectivity index (χ2n) is 3.85. The minimum absolute atomic E-state index is 0.0315. The van der Waals surface area contributed by atoms with E-state index in [9.17, 15) is 0 Å². The molecule has 0 fully saturated rings. The number of nitrogens with two attached hydrogens (primary N) is 1. The molecule has 6 heteroatoms. The van der Waals surface area contributed by atoms with Gasteiger partial charge in [-0.2, -0.15) is 0 Å². The molecule has 19 heavy (non-hydrogen) atoms. The molecule has 0 saturated heterocycles. The first-order valence-corrected chi connectivity index (χ1v) is 7.19. The van der Waals surface area contributed by atoms with Gasteiger partial charge in [0.15, 0.2) is 4.34 Å². The fourth-order valence-corrected chi connectivity index (χ4v) is 3.54. The van der Waals surface area contributed by atoms with Gasteiger partial charge in [0.2, 0.25) is 0 Å². The van der Waals surface area contributed by atoms with Crippen LogP contribution in [0.4, 0.5) is 0 Å². The van der Waals surface area contributed by atoms with Gasteiger partial charge < -0.3 is 5.73 Å². The largest absolute Gasteiger partial charge is 0.384 e. The maximum absolute atomic E-state index is 7.32. The first-order chi connectivity index (χ1) is 9.22. The van der Waals surface area contributed by atoms with E-state index in [1.165, 1.54) is 16.5 Å². The van der Waals surface area contributed by atoms with E-state index in [0.717, 1.165) is 14.9 Å². The summed E-state index contributed by atoms with van der Waals surface area (Å²) in [6.45, 7) is 0. The number of para-hydroxylation sites is 1. The van der Waals surface area contributed by atoms with Crippen LogP contribution in [0.25, 0.3) is 10.2 Å². The number of nitrogens with zero attached hydrogens (tertiary/aromatic N) is 2. The van der Waals surface area contributed by atoms with Gasteiger partial charge in [0, 0.05) is 11.8 Å². The molecule has 0 spiro atoms. The van der Waals surface area contributed by atoms with Crippen molar-refractivity contribution in [1.82, 2.24) is 9.97 Å². The van der Waals surface area contributed by atoms with Crippen LogP contribution in [0.2, 0.25) is 0 Å². The molecule has 0 aliphatic rings. The number of hydrogen-bond acceptors (Lipinski definition) is 5. The lowest BCUT2D eigenvalue weighted by atomic mass is 10.3. The molecule has 0 aliphatic carbocycles. The predicted octanol–water partition coefficient (Wildman–Crippen LogP) is 3.13. The molecule has 0 bridgehead atoms. The maximum atomic E-state index is 7.32. The fraction of sp³-hybridized carbons (Fsp3) is 0. The molecule has 0 unspecified atom stereocenters. The van der Waals surface area contributed by atoms with Gasteiger partial charge in [-0.1, -0.05) is 12.1 Å². The fourth-order valence-electron chi connectivity index (χ4n) is 1.58. The monoisotopic (exact) mass is 286 g/mol. The number of rotatable bonds is 3. The van der Waals surface area contributed by atoms with E-state index in [1.807, 2.05) is 24.3 Å². The molecule has 4 nitrogen and oxygen atoms in total. The molecule has 3 aromatic rings. The zero-order chi connectivity index (χ0) is 13.2. The number of fused-ring (bicyclic) bond motifs is 1. The molecule has 3 rings (SSSR count). The molecule has 2 aromatic heterocycles. The van der Waals surface area contributed by atoms with Crippen molar-refractivity contribution in [1.29, 1.82) is 5.41 Å². The summed E-state index contributed by atoms with van der Waals surface area (Å²) < 4.78 is 2.13. The molecular formula is C13H10N4S2. The number of thiazole rings is 1. The van der Waals surface area contributed by atoms with Crippen LogP contribution in [0.3, 0.4) is 0 Å². The van der Waals surface area contributed by atoms with Crippen molar-refractivity contribution in [2.24, 2.45) is 5.73 Å². The Balaban J connectivity index is 1.86.